The number of pyridine rings is 1. The van der Waals surface area contributed by atoms with E-state index in [0.717, 1.165) is 0 Å². The number of alkyl carbamates (subject to hydrolysis) is 1. The Bertz CT molecular complexity index is 505. The Morgan fingerprint density at radius 2 is 2.05 bits per heavy atom. The van der Waals surface area contributed by atoms with Crippen LogP contribution in [0.5, 0.6) is 0 Å². The van der Waals surface area contributed by atoms with Gasteiger partial charge in [0.2, 0.25) is 0 Å². The molecule has 0 spiro atoms. The zero-order valence-corrected chi connectivity index (χ0v) is 13.4. The maximum Gasteiger partial charge on any atom is 0.407 e. The topological polar surface area (TPSA) is 91.7 Å². The van der Waals surface area contributed by atoms with Gasteiger partial charge in [0.25, 0.3) is 0 Å². The molecule has 6 nitrogen and oxygen atoms in total. The van der Waals surface area contributed by atoms with Crippen molar-refractivity contribution in [3.8, 4) is 0 Å². The number of hydrogen-bond donors (Lipinski definition) is 3. The predicted octanol–water partition coefficient (Wildman–Crippen LogP) is 2.31. The molecule has 0 bridgehead atoms. The first-order valence-electron chi connectivity index (χ1n) is 6.24. The number of nitrogens with zero attached hydrogens (tertiary/aromatic N) is 1. The van der Waals surface area contributed by atoms with Gasteiger partial charge in [-0.25, -0.2) is 9.78 Å². The van der Waals surface area contributed by atoms with Gasteiger partial charge in [0.15, 0.2) is 0 Å². The van der Waals surface area contributed by atoms with Crippen molar-refractivity contribution in [2.24, 2.45) is 0 Å². The maximum absolute atomic E-state index is 11.5. The minimum Gasteiger partial charge on any atom is -0.444 e. The quantitative estimate of drug-likeness (QED) is 0.734. The van der Waals surface area contributed by atoms with E-state index in [1.54, 1.807) is 20.8 Å². The summed E-state index contributed by atoms with van der Waals surface area (Å²) in [6.45, 7) is 4.94. The van der Waals surface area contributed by atoms with Crippen LogP contribution in [0.4, 0.5) is 4.79 Å². The molecule has 0 aliphatic rings. The molecule has 0 aromatic carbocycles. The summed E-state index contributed by atoms with van der Waals surface area (Å²) in [6.07, 6.45) is -1.98. The maximum atomic E-state index is 11.5. The molecule has 0 saturated carbocycles. The highest BCUT2D eigenvalue weighted by atomic mass is 35.5. The third kappa shape index (κ3) is 6.05. The van der Waals surface area contributed by atoms with Crippen molar-refractivity contribution < 1.29 is 19.7 Å². The van der Waals surface area contributed by atoms with Crippen LogP contribution in [0.15, 0.2) is 12.3 Å². The molecule has 2 atom stereocenters. The Kier molecular flexibility index (Phi) is 6.22. The second-order valence-corrected chi connectivity index (χ2v) is 6.22. The largest absolute Gasteiger partial charge is 0.444 e. The molecule has 0 radical (unpaired) electrons. The lowest BCUT2D eigenvalue weighted by atomic mass is 10.1. The average molecular weight is 337 g/mol. The smallest absolute Gasteiger partial charge is 0.407 e. The van der Waals surface area contributed by atoms with Crippen LogP contribution in [-0.2, 0) is 4.74 Å². The van der Waals surface area contributed by atoms with Crippen molar-refractivity contribution in [2.75, 3.05) is 6.54 Å². The number of carbonyl (C=O) groups is 1. The Balaban J connectivity index is 2.61. The molecule has 2 unspecified atom stereocenters. The number of rotatable bonds is 4. The zero-order chi connectivity index (χ0) is 16.2. The van der Waals surface area contributed by atoms with Crippen LogP contribution in [-0.4, -0.2) is 39.5 Å². The fourth-order valence-electron chi connectivity index (χ4n) is 1.47. The first-order valence-corrected chi connectivity index (χ1v) is 6.99. The van der Waals surface area contributed by atoms with Crippen LogP contribution in [0.1, 0.15) is 32.4 Å². The lowest BCUT2D eigenvalue weighted by molar-refractivity contribution is 0.0128. The van der Waals surface area contributed by atoms with Gasteiger partial charge in [-0.3, -0.25) is 0 Å². The normalized spacial score (nSPS) is 14.4. The van der Waals surface area contributed by atoms with E-state index in [0.29, 0.717) is 0 Å². The Morgan fingerprint density at radius 3 is 2.62 bits per heavy atom. The van der Waals surface area contributed by atoms with Gasteiger partial charge < -0.3 is 20.3 Å². The lowest BCUT2D eigenvalue weighted by Gasteiger charge is -2.22. The van der Waals surface area contributed by atoms with Crippen molar-refractivity contribution in [2.45, 2.75) is 38.6 Å². The number of aliphatic hydroxyl groups excluding tert-OH is 2. The molecule has 1 amide bonds. The summed E-state index contributed by atoms with van der Waals surface area (Å²) in [5.74, 6) is 0. The molecule has 0 aliphatic carbocycles. The monoisotopic (exact) mass is 336 g/mol. The van der Waals surface area contributed by atoms with Crippen molar-refractivity contribution in [3.63, 3.8) is 0 Å². The van der Waals surface area contributed by atoms with Crippen LogP contribution < -0.4 is 5.32 Å². The highest BCUT2D eigenvalue weighted by Crippen LogP contribution is 2.26. The van der Waals surface area contributed by atoms with Crippen molar-refractivity contribution in [1.82, 2.24) is 10.3 Å². The summed E-state index contributed by atoms with van der Waals surface area (Å²) < 4.78 is 5.01. The molecule has 0 fully saturated rings. The van der Waals surface area contributed by atoms with E-state index in [1.165, 1.54) is 12.3 Å². The van der Waals surface area contributed by atoms with E-state index in [-0.39, 0.29) is 22.3 Å². The van der Waals surface area contributed by atoms with Gasteiger partial charge in [-0.15, -0.1) is 0 Å². The second-order valence-electron chi connectivity index (χ2n) is 5.43. The second kappa shape index (κ2) is 7.26. The van der Waals surface area contributed by atoms with Gasteiger partial charge in [-0.05, 0) is 26.8 Å². The van der Waals surface area contributed by atoms with E-state index < -0.39 is 23.9 Å². The van der Waals surface area contributed by atoms with Crippen LogP contribution in [0.25, 0.3) is 0 Å². The summed E-state index contributed by atoms with van der Waals surface area (Å²) in [7, 11) is 0. The standard InChI is InChI=1S/C13H18Cl2N2O4/c1-13(2,3)21-12(20)17-6-9(18)10(19)8-4-7(14)5-16-11(8)15/h4-5,9-10,18-19H,6H2,1-3H3,(H,17,20). The van der Waals surface area contributed by atoms with Crippen LogP contribution in [0.3, 0.4) is 0 Å². The van der Waals surface area contributed by atoms with Gasteiger partial charge in [0, 0.05) is 18.3 Å². The number of carbonyl (C=O) groups excluding carboxylic acids is 1. The number of hydrogen-bond acceptors (Lipinski definition) is 5. The summed E-state index contributed by atoms with van der Waals surface area (Å²) in [5.41, 5.74) is -0.462. The molecular formula is C13H18Cl2N2O4. The number of aliphatic hydroxyl groups is 2. The SMILES string of the molecule is CC(C)(C)OC(=O)NCC(O)C(O)c1cc(Cl)cnc1Cl. The van der Waals surface area contributed by atoms with E-state index in [9.17, 15) is 15.0 Å². The summed E-state index contributed by atoms with van der Waals surface area (Å²) in [6, 6.07) is 1.40. The van der Waals surface area contributed by atoms with Crippen LogP contribution >= 0.6 is 23.2 Å². The molecule has 118 valence electrons. The Labute approximate surface area is 133 Å². The third-order valence-corrected chi connectivity index (χ3v) is 2.89. The van der Waals surface area contributed by atoms with Gasteiger partial charge in [-0.2, -0.15) is 0 Å². The van der Waals surface area contributed by atoms with E-state index in [2.05, 4.69) is 10.3 Å². The molecule has 0 aliphatic heterocycles. The number of halogens is 2. The molecule has 21 heavy (non-hydrogen) atoms. The van der Waals surface area contributed by atoms with Crippen LogP contribution in [0.2, 0.25) is 10.2 Å². The third-order valence-electron chi connectivity index (χ3n) is 2.37. The lowest BCUT2D eigenvalue weighted by Crippen LogP contribution is -2.38. The minimum absolute atomic E-state index is 0.0308. The van der Waals surface area contributed by atoms with Gasteiger partial charge in [-0.1, -0.05) is 23.2 Å². The minimum atomic E-state index is -1.33. The first-order chi connectivity index (χ1) is 9.60. The number of nitrogens with one attached hydrogen (secondary N) is 1. The first kappa shape index (κ1) is 18.0. The van der Waals surface area contributed by atoms with Crippen molar-refractivity contribution in [3.05, 3.63) is 28.0 Å². The summed E-state index contributed by atoms with van der Waals surface area (Å²) in [4.78, 5) is 15.2. The van der Waals surface area contributed by atoms with E-state index in [1.807, 2.05) is 0 Å². The molecule has 1 rings (SSSR count). The Morgan fingerprint density at radius 1 is 1.43 bits per heavy atom. The molecule has 3 N–H and O–H groups in total. The highest BCUT2D eigenvalue weighted by molar-refractivity contribution is 6.32. The fourth-order valence-corrected chi connectivity index (χ4v) is 1.85. The summed E-state index contributed by atoms with van der Waals surface area (Å²) in [5, 5.41) is 22.6. The molecule has 1 heterocycles. The molecule has 8 heteroatoms. The van der Waals surface area contributed by atoms with Crippen LogP contribution in [0, 0.1) is 0 Å². The molecule has 1 aromatic rings. The number of ether oxygens (including phenoxy) is 1. The number of amides is 1. The average Bonchev–Trinajstić information content (AvgIpc) is 2.36. The van der Waals surface area contributed by atoms with Gasteiger partial charge in [0.05, 0.1) is 5.02 Å². The van der Waals surface area contributed by atoms with Gasteiger partial charge in [0.1, 0.15) is 23.0 Å². The highest BCUT2D eigenvalue weighted by Gasteiger charge is 2.23. The molecule has 1 aromatic heterocycles. The summed E-state index contributed by atoms with van der Waals surface area (Å²) >= 11 is 11.6. The Hall–Kier alpha value is -1.08. The number of aromatic nitrogens is 1. The molecular weight excluding hydrogens is 319 g/mol. The van der Waals surface area contributed by atoms with Crippen molar-refractivity contribution >= 4 is 29.3 Å². The van der Waals surface area contributed by atoms with E-state index >= 15 is 0 Å². The molecule has 0 saturated heterocycles. The van der Waals surface area contributed by atoms with Crippen molar-refractivity contribution in [1.29, 1.82) is 0 Å². The predicted molar refractivity (Wildman–Crippen MR) is 79.5 cm³/mol. The fraction of sp³-hybridized carbons (Fsp3) is 0.538. The van der Waals surface area contributed by atoms with Gasteiger partial charge >= 0.3 is 6.09 Å². The zero-order valence-electron chi connectivity index (χ0n) is 11.9. The van der Waals surface area contributed by atoms with E-state index in [4.69, 9.17) is 27.9 Å².